The quantitative estimate of drug-likeness (QED) is 0.734. The zero-order valence-electron chi connectivity index (χ0n) is 12.2. The van der Waals surface area contributed by atoms with Gasteiger partial charge in [0, 0.05) is 24.1 Å². The van der Waals surface area contributed by atoms with Gasteiger partial charge in [-0.1, -0.05) is 34.1 Å². The number of nitrogens with one attached hydrogen (secondary N) is 1. The van der Waals surface area contributed by atoms with Crippen molar-refractivity contribution in [1.29, 1.82) is 0 Å². The summed E-state index contributed by atoms with van der Waals surface area (Å²) >= 11 is 3.39. The van der Waals surface area contributed by atoms with Crippen molar-refractivity contribution in [3.8, 4) is 0 Å². The number of ether oxygens (including phenoxy) is 1. The van der Waals surface area contributed by atoms with E-state index in [-0.39, 0.29) is 13.0 Å². The van der Waals surface area contributed by atoms with Crippen LogP contribution in [0, 0.1) is 0 Å². The van der Waals surface area contributed by atoms with E-state index in [1.165, 1.54) is 14.2 Å². The fourth-order valence-corrected chi connectivity index (χ4v) is 3.39. The molecule has 1 aromatic rings. The average molecular weight is 379 g/mol. The van der Waals surface area contributed by atoms with Gasteiger partial charge in [0.1, 0.15) is 0 Å². The molecular weight excluding hydrogens is 360 g/mol. The minimum atomic E-state index is -3.67. The largest absolute Gasteiger partial charge is 0.469 e. The Balaban J connectivity index is 2.71. The Morgan fingerprint density at radius 3 is 2.62 bits per heavy atom. The number of rotatable bonds is 7. The van der Waals surface area contributed by atoms with Gasteiger partial charge in [0.05, 0.1) is 13.5 Å². The number of hydrogen-bond donors (Lipinski definition) is 1. The topological polar surface area (TPSA) is 75.7 Å². The van der Waals surface area contributed by atoms with E-state index in [0.717, 1.165) is 14.3 Å². The first-order chi connectivity index (χ1) is 9.77. The zero-order valence-corrected chi connectivity index (χ0v) is 14.6. The summed E-state index contributed by atoms with van der Waals surface area (Å²) in [7, 11) is -0.991. The summed E-state index contributed by atoms with van der Waals surface area (Å²) in [5, 5.41) is 0. The molecule has 21 heavy (non-hydrogen) atoms. The van der Waals surface area contributed by atoms with Crippen LogP contribution in [0.1, 0.15) is 24.9 Å². The molecule has 1 rings (SSSR count). The lowest BCUT2D eigenvalue weighted by Gasteiger charge is -2.21. The Morgan fingerprint density at radius 1 is 1.43 bits per heavy atom. The van der Waals surface area contributed by atoms with Crippen molar-refractivity contribution in [2.24, 2.45) is 0 Å². The molecule has 0 heterocycles. The van der Waals surface area contributed by atoms with Gasteiger partial charge in [-0.3, -0.25) is 4.79 Å². The van der Waals surface area contributed by atoms with Gasteiger partial charge in [-0.05, 0) is 18.6 Å². The van der Waals surface area contributed by atoms with Crippen molar-refractivity contribution in [1.82, 2.24) is 9.03 Å². The van der Waals surface area contributed by atoms with Crippen LogP contribution >= 0.6 is 15.9 Å². The van der Waals surface area contributed by atoms with Crippen LogP contribution < -0.4 is 4.72 Å². The highest BCUT2D eigenvalue weighted by atomic mass is 79.9. The summed E-state index contributed by atoms with van der Waals surface area (Å²) in [6.07, 6.45) is 0.0112. The van der Waals surface area contributed by atoms with E-state index in [9.17, 15) is 13.2 Å². The molecule has 0 bridgehead atoms. The Kier molecular flexibility index (Phi) is 6.79. The predicted molar refractivity (Wildman–Crippen MR) is 83.9 cm³/mol. The lowest BCUT2D eigenvalue weighted by Crippen LogP contribution is -2.40. The second kappa shape index (κ2) is 7.88. The smallest absolute Gasteiger partial charge is 0.306 e. The molecule has 1 unspecified atom stereocenters. The van der Waals surface area contributed by atoms with Crippen LogP contribution in [0.15, 0.2) is 28.7 Å². The van der Waals surface area contributed by atoms with E-state index < -0.39 is 22.2 Å². The van der Waals surface area contributed by atoms with E-state index in [2.05, 4.69) is 25.4 Å². The highest BCUT2D eigenvalue weighted by Gasteiger charge is 2.22. The van der Waals surface area contributed by atoms with Gasteiger partial charge in [0.15, 0.2) is 0 Å². The molecule has 1 aromatic carbocycles. The molecule has 8 heteroatoms. The molecule has 0 aromatic heterocycles. The number of nitrogens with zero attached hydrogens (tertiary/aromatic N) is 1. The third kappa shape index (κ3) is 5.39. The molecule has 0 saturated carbocycles. The van der Waals surface area contributed by atoms with E-state index in [0.29, 0.717) is 0 Å². The predicted octanol–water partition coefficient (Wildman–Crippen LogP) is 1.84. The van der Waals surface area contributed by atoms with Gasteiger partial charge in [-0.2, -0.15) is 17.4 Å². The molecular formula is C13H19BrN2O4S. The number of hydrogen-bond acceptors (Lipinski definition) is 4. The van der Waals surface area contributed by atoms with Crippen LogP contribution in [0.3, 0.4) is 0 Å². The van der Waals surface area contributed by atoms with Crippen LogP contribution in [-0.4, -0.2) is 39.4 Å². The van der Waals surface area contributed by atoms with Gasteiger partial charge < -0.3 is 4.74 Å². The second-order valence-corrected chi connectivity index (χ2v) is 7.18. The first-order valence-electron chi connectivity index (χ1n) is 6.32. The van der Waals surface area contributed by atoms with Crippen LogP contribution in [0.2, 0.25) is 0 Å². The average Bonchev–Trinajstić information content (AvgIpc) is 2.44. The maximum absolute atomic E-state index is 12.2. The summed E-state index contributed by atoms with van der Waals surface area (Å²) in [5.41, 5.74) is 0.836. The monoisotopic (exact) mass is 378 g/mol. The number of esters is 1. The highest BCUT2D eigenvalue weighted by Crippen LogP contribution is 2.23. The molecule has 0 saturated heterocycles. The fourth-order valence-electron chi connectivity index (χ4n) is 1.67. The molecule has 0 aliphatic heterocycles. The van der Waals surface area contributed by atoms with Gasteiger partial charge >= 0.3 is 5.97 Å². The van der Waals surface area contributed by atoms with Crippen LogP contribution in [0.25, 0.3) is 0 Å². The Hall–Kier alpha value is -0.960. The zero-order chi connectivity index (χ0) is 16.0. The molecule has 0 radical (unpaired) electrons. The van der Waals surface area contributed by atoms with Crippen molar-refractivity contribution < 1.29 is 17.9 Å². The molecule has 0 fully saturated rings. The molecule has 6 nitrogen and oxygen atoms in total. The number of carbonyl (C=O) groups is 1. The van der Waals surface area contributed by atoms with Crippen molar-refractivity contribution in [2.45, 2.75) is 19.4 Å². The van der Waals surface area contributed by atoms with Gasteiger partial charge in [-0.15, -0.1) is 0 Å². The Bertz CT molecular complexity index is 592. The third-order valence-corrected chi connectivity index (χ3v) is 5.34. The van der Waals surface area contributed by atoms with Crippen LogP contribution in [0.4, 0.5) is 0 Å². The molecule has 0 aliphatic carbocycles. The van der Waals surface area contributed by atoms with Gasteiger partial charge in [0.25, 0.3) is 10.2 Å². The Labute approximate surface area is 133 Å². The molecule has 0 spiro atoms. The first kappa shape index (κ1) is 18.1. The summed E-state index contributed by atoms with van der Waals surface area (Å²) in [6.45, 7) is 1.82. The lowest BCUT2D eigenvalue weighted by molar-refractivity contribution is -0.140. The minimum Gasteiger partial charge on any atom is -0.469 e. The second-order valence-electron chi connectivity index (χ2n) is 4.51. The normalized spacial score (nSPS) is 13.2. The standard InChI is InChI=1S/C13H19BrN2O4S/c1-10(11-6-4-5-7-12(11)14)15-21(18,19)16(2)9-8-13(17)20-3/h4-7,10,15H,8-9H2,1-3H3. The number of benzene rings is 1. The number of halogens is 1. The summed E-state index contributed by atoms with van der Waals surface area (Å²) in [6, 6.07) is 6.99. The molecule has 0 amide bonds. The fraction of sp³-hybridized carbons (Fsp3) is 0.462. The maximum atomic E-state index is 12.2. The molecule has 1 atom stereocenters. The van der Waals surface area contributed by atoms with E-state index in [1.54, 1.807) is 6.92 Å². The number of methoxy groups -OCH3 is 1. The summed E-state index contributed by atoms with van der Waals surface area (Å²) in [4.78, 5) is 11.1. The minimum absolute atomic E-state index is 0.0112. The van der Waals surface area contributed by atoms with Crippen molar-refractivity contribution in [3.05, 3.63) is 34.3 Å². The first-order valence-corrected chi connectivity index (χ1v) is 8.56. The van der Waals surface area contributed by atoms with Crippen molar-refractivity contribution in [3.63, 3.8) is 0 Å². The third-order valence-electron chi connectivity index (χ3n) is 2.97. The molecule has 0 aliphatic rings. The van der Waals surface area contributed by atoms with E-state index in [1.807, 2.05) is 24.3 Å². The Morgan fingerprint density at radius 2 is 2.05 bits per heavy atom. The maximum Gasteiger partial charge on any atom is 0.306 e. The van der Waals surface area contributed by atoms with E-state index >= 15 is 0 Å². The molecule has 1 N–H and O–H groups in total. The lowest BCUT2D eigenvalue weighted by atomic mass is 10.1. The van der Waals surface area contributed by atoms with Crippen molar-refractivity contribution >= 4 is 32.1 Å². The van der Waals surface area contributed by atoms with Crippen LogP contribution in [0.5, 0.6) is 0 Å². The summed E-state index contributed by atoms with van der Waals surface area (Å²) in [5.74, 6) is -0.448. The van der Waals surface area contributed by atoms with Crippen molar-refractivity contribution in [2.75, 3.05) is 20.7 Å². The number of carbonyl (C=O) groups excluding carboxylic acids is 1. The van der Waals surface area contributed by atoms with Gasteiger partial charge in [0.2, 0.25) is 0 Å². The SMILES string of the molecule is COC(=O)CCN(C)S(=O)(=O)NC(C)c1ccccc1Br. The highest BCUT2D eigenvalue weighted by molar-refractivity contribution is 9.10. The molecule has 118 valence electrons. The summed E-state index contributed by atoms with van der Waals surface area (Å²) < 4.78 is 33.3. The van der Waals surface area contributed by atoms with Crippen LogP contribution in [-0.2, 0) is 19.7 Å². The van der Waals surface area contributed by atoms with E-state index in [4.69, 9.17) is 0 Å². The van der Waals surface area contributed by atoms with Gasteiger partial charge in [-0.25, -0.2) is 0 Å².